The molecule has 1 N–H and O–H groups in total. The smallest absolute Gasteiger partial charge is 0.142 e. The number of para-hydroxylation sites is 4. The van der Waals surface area contributed by atoms with E-state index in [0.29, 0.717) is 66.1 Å². The second-order valence-corrected chi connectivity index (χ2v) is 6.26. The molecular weight excluding hydrogens is 374 g/mol. The summed E-state index contributed by atoms with van der Waals surface area (Å²) >= 11 is 0. The summed E-state index contributed by atoms with van der Waals surface area (Å²) in [5.74, 6) is 1.52. The normalized spacial score (nSPS) is 17.9. The Hall–Kier alpha value is -2.32. The molecule has 0 amide bonds. The fraction of sp³-hybridized carbons (Fsp3) is 0.455. The van der Waals surface area contributed by atoms with Gasteiger partial charge in [-0.15, -0.1) is 0 Å². The Morgan fingerprint density at radius 3 is 1.21 bits per heavy atom. The molecular formula is C22H29NO6. The van der Waals surface area contributed by atoms with E-state index in [1.807, 2.05) is 48.5 Å². The zero-order valence-electron chi connectivity index (χ0n) is 16.6. The lowest BCUT2D eigenvalue weighted by Gasteiger charge is -2.16. The highest BCUT2D eigenvalue weighted by Gasteiger charge is 2.08. The van der Waals surface area contributed by atoms with Crippen molar-refractivity contribution in [2.45, 2.75) is 0 Å². The van der Waals surface area contributed by atoms with Crippen LogP contribution in [0.5, 0.6) is 11.5 Å². The lowest BCUT2D eigenvalue weighted by molar-refractivity contribution is -0.00692. The van der Waals surface area contributed by atoms with Gasteiger partial charge in [0.2, 0.25) is 0 Å². The number of hydrogen-bond acceptors (Lipinski definition) is 7. The van der Waals surface area contributed by atoms with Gasteiger partial charge in [0, 0.05) is 0 Å². The van der Waals surface area contributed by atoms with Gasteiger partial charge in [0.05, 0.1) is 64.2 Å². The van der Waals surface area contributed by atoms with Crippen molar-refractivity contribution in [3.63, 3.8) is 0 Å². The van der Waals surface area contributed by atoms with Crippen molar-refractivity contribution in [2.24, 2.45) is 0 Å². The van der Waals surface area contributed by atoms with Crippen LogP contribution in [0.3, 0.4) is 0 Å². The predicted molar refractivity (Wildman–Crippen MR) is 110 cm³/mol. The zero-order valence-corrected chi connectivity index (χ0v) is 16.6. The SMILES string of the molecule is c1ccc2c(c1)Nc1ccccc1OCCOCCOCCOCCOCCO2. The molecule has 0 unspecified atom stereocenters. The van der Waals surface area contributed by atoms with Gasteiger partial charge in [0.25, 0.3) is 0 Å². The van der Waals surface area contributed by atoms with E-state index in [-0.39, 0.29) is 0 Å². The monoisotopic (exact) mass is 403 g/mol. The maximum atomic E-state index is 5.89. The zero-order chi connectivity index (χ0) is 20.0. The van der Waals surface area contributed by atoms with E-state index in [1.165, 1.54) is 0 Å². The van der Waals surface area contributed by atoms with Crippen LogP contribution in [0.2, 0.25) is 0 Å². The Kier molecular flexibility index (Phi) is 9.59. The first-order valence-corrected chi connectivity index (χ1v) is 9.95. The third-order valence-corrected chi connectivity index (χ3v) is 4.13. The minimum atomic E-state index is 0.456. The second kappa shape index (κ2) is 13.0. The molecule has 0 atom stereocenters. The van der Waals surface area contributed by atoms with Gasteiger partial charge in [-0.05, 0) is 24.3 Å². The van der Waals surface area contributed by atoms with Crippen LogP contribution < -0.4 is 14.8 Å². The molecule has 29 heavy (non-hydrogen) atoms. The first-order chi connectivity index (χ1) is 14.4. The standard InChI is InChI=1S/C22H29NO6/c1-3-7-21-19(5-1)23-20-6-2-4-8-22(20)29-18-16-27-14-12-25-10-9-24-11-13-26-15-17-28-21/h1-8,23H,9-18H2. The number of rotatable bonds is 0. The molecule has 0 spiro atoms. The Morgan fingerprint density at radius 2 is 0.793 bits per heavy atom. The van der Waals surface area contributed by atoms with Crippen molar-refractivity contribution >= 4 is 11.4 Å². The second-order valence-electron chi connectivity index (χ2n) is 6.26. The van der Waals surface area contributed by atoms with Gasteiger partial charge < -0.3 is 33.7 Å². The summed E-state index contributed by atoms with van der Waals surface area (Å²) in [5, 5.41) is 3.40. The summed E-state index contributed by atoms with van der Waals surface area (Å²) in [4.78, 5) is 0. The summed E-state index contributed by atoms with van der Waals surface area (Å²) in [6, 6.07) is 15.6. The fourth-order valence-corrected chi connectivity index (χ4v) is 2.72. The Balaban J connectivity index is 1.63. The third kappa shape index (κ3) is 7.91. The Labute approximate surface area is 171 Å². The van der Waals surface area contributed by atoms with Crippen LogP contribution in [0.25, 0.3) is 0 Å². The predicted octanol–water partition coefficient (Wildman–Crippen LogP) is 3.27. The van der Waals surface area contributed by atoms with E-state index >= 15 is 0 Å². The molecule has 0 aliphatic carbocycles. The minimum absolute atomic E-state index is 0.456. The summed E-state index contributed by atoms with van der Waals surface area (Å²) in [6.45, 7) is 5.09. The van der Waals surface area contributed by atoms with Gasteiger partial charge in [-0.25, -0.2) is 0 Å². The summed E-state index contributed by atoms with van der Waals surface area (Å²) in [6.07, 6.45) is 0. The molecule has 0 saturated carbocycles. The average molecular weight is 403 g/mol. The lowest BCUT2D eigenvalue weighted by Crippen LogP contribution is -2.14. The molecule has 3 rings (SSSR count). The summed E-state index contributed by atoms with van der Waals surface area (Å²) in [7, 11) is 0. The largest absolute Gasteiger partial charge is 0.489 e. The number of benzene rings is 2. The first-order valence-electron chi connectivity index (χ1n) is 9.95. The topological polar surface area (TPSA) is 67.4 Å². The number of hydrogen-bond donors (Lipinski definition) is 1. The van der Waals surface area contributed by atoms with Gasteiger partial charge >= 0.3 is 0 Å². The Bertz CT molecular complexity index is 652. The van der Waals surface area contributed by atoms with Crippen LogP contribution in [0.15, 0.2) is 48.5 Å². The molecule has 7 heteroatoms. The van der Waals surface area contributed by atoms with Crippen LogP contribution in [-0.2, 0) is 18.9 Å². The van der Waals surface area contributed by atoms with Crippen molar-refractivity contribution in [1.82, 2.24) is 0 Å². The van der Waals surface area contributed by atoms with Crippen molar-refractivity contribution in [3.8, 4) is 11.5 Å². The fourth-order valence-electron chi connectivity index (χ4n) is 2.72. The minimum Gasteiger partial charge on any atom is -0.489 e. The highest BCUT2D eigenvalue weighted by Crippen LogP contribution is 2.32. The van der Waals surface area contributed by atoms with E-state index in [9.17, 15) is 0 Å². The molecule has 158 valence electrons. The molecule has 2 aromatic carbocycles. The van der Waals surface area contributed by atoms with E-state index in [4.69, 9.17) is 28.4 Å². The third-order valence-electron chi connectivity index (χ3n) is 4.13. The van der Waals surface area contributed by atoms with E-state index in [2.05, 4.69) is 5.32 Å². The molecule has 1 aliphatic rings. The van der Waals surface area contributed by atoms with E-state index in [1.54, 1.807) is 0 Å². The maximum Gasteiger partial charge on any atom is 0.142 e. The van der Waals surface area contributed by atoms with Gasteiger partial charge in [0.15, 0.2) is 0 Å². The molecule has 1 heterocycles. The summed E-state index contributed by atoms with van der Waals surface area (Å²) in [5.41, 5.74) is 1.73. The van der Waals surface area contributed by atoms with Crippen LogP contribution in [-0.4, -0.2) is 66.1 Å². The molecule has 0 aromatic heterocycles. The highest BCUT2D eigenvalue weighted by atomic mass is 16.6. The van der Waals surface area contributed by atoms with E-state index < -0.39 is 0 Å². The Morgan fingerprint density at radius 1 is 0.448 bits per heavy atom. The lowest BCUT2D eigenvalue weighted by atomic mass is 10.2. The molecule has 7 nitrogen and oxygen atoms in total. The van der Waals surface area contributed by atoms with Gasteiger partial charge in [-0.3, -0.25) is 0 Å². The number of anilines is 2. The van der Waals surface area contributed by atoms with Crippen LogP contribution in [0.4, 0.5) is 11.4 Å². The molecule has 2 aromatic rings. The van der Waals surface area contributed by atoms with Gasteiger partial charge in [0.1, 0.15) is 24.7 Å². The van der Waals surface area contributed by atoms with Gasteiger partial charge in [-0.2, -0.15) is 0 Å². The molecule has 0 bridgehead atoms. The van der Waals surface area contributed by atoms with Crippen molar-refractivity contribution in [1.29, 1.82) is 0 Å². The van der Waals surface area contributed by atoms with Crippen molar-refractivity contribution < 1.29 is 28.4 Å². The van der Waals surface area contributed by atoms with Crippen LogP contribution in [0, 0.1) is 0 Å². The molecule has 0 saturated heterocycles. The highest BCUT2D eigenvalue weighted by molar-refractivity contribution is 5.70. The molecule has 0 radical (unpaired) electrons. The number of fused-ring (bicyclic) bond motifs is 2. The molecule has 0 fully saturated rings. The van der Waals surface area contributed by atoms with Gasteiger partial charge in [-0.1, -0.05) is 24.3 Å². The van der Waals surface area contributed by atoms with E-state index in [0.717, 1.165) is 22.9 Å². The average Bonchev–Trinajstić information content (AvgIpc) is 2.75. The molecule has 1 aliphatic heterocycles. The number of nitrogens with one attached hydrogen (secondary N) is 1. The van der Waals surface area contributed by atoms with Crippen LogP contribution >= 0.6 is 0 Å². The quantitative estimate of drug-likeness (QED) is 0.724. The first kappa shape index (κ1) is 21.4. The van der Waals surface area contributed by atoms with Crippen LogP contribution in [0.1, 0.15) is 0 Å². The summed E-state index contributed by atoms with van der Waals surface area (Å²) < 4.78 is 33.8. The van der Waals surface area contributed by atoms with Crippen molar-refractivity contribution in [3.05, 3.63) is 48.5 Å². The number of ether oxygens (including phenoxy) is 6. The van der Waals surface area contributed by atoms with Crippen molar-refractivity contribution in [2.75, 3.05) is 71.4 Å². The maximum absolute atomic E-state index is 5.89.